The van der Waals surface area contributed by atoms with Gasteiger partial charge in [0.2, 0.25) is 0 Å². The summed E-state index contributed by atoms with van der Waals surface area (Å²) < 4.78 is 6.81. The number of benzene rings is 2. The number of fused-ring (bicyclic) bond motifs is 1. The van der Waals surface area contributed by atoms with Crippen LogP contribution in [0.3, 0.4) is 0 Å². The van der Waals surface area contributed by atoms with Gasteiger partial charge in [-0.1, -0.05) is 67.6 Å². The van der Waals surface area contributed by atoms with Gasteiger partial charge in [0.05, 0.1) is 6.04 Å². The largest absolute Gasteiger partial charge is 0.483 e. The van der Waals surface area contributed by atoms with Crippen LogP contribution in [0.2, 0.25) is 0 Å². The Hall–Kier alpha value is -2.32. The molecule has 0 amide bonds. The Labute approximate surface area is 168 Å². The van der Waals surface area contributed by atoms with Crippen LogP contribution in [0.25, 0.3) is 12.7 Å². The first-order valence-electron chi connectivity index (χ1n) is 10.7. The van der Waals surface area contributed by atoms with E-state index in [2.05, 4.69) is 66.1 Å². The Balaban J connectivity index is 1.74. The number of piperidine rings is 1. The van der Waals surface area contributed by atoms with Crippen LogP contribution in [0, 0.1) is 0 Å². The fraction of sp³-hybridized carbons (Fsp3) is 0.385. The van der Waals surface area contributed by atoms with Crippen molar-refractivity contribution in [3.05, 3.63) is 76.2 Å². The van der Waals surface area contributed by atoms with E-state index >= 15 is 0 Å². The van der Waals surface area contributed by atoms with Crippen LogP contribution in [0.15, 0.2) is 54.6 Å². The Morgan fingerprint density at radius 3 is 2.68 bits per heavy atom. The predicted octanol–water partition coefficient (Wildman–Crippen LogP) is 4.37. The van der Waals surface area contributed by atoms with Gasteiger partial charge < -0.3 is 4.74 Å². The molecule has 0 bridgehead atoms. The van der Waals surface area contributed by atoms with Crippen LogP contribution in [-0.2, 0) is 6.42 Å². The van der Waals surface area contributed by atoms with Crippen LogP contribution in [-0.4, -0.2) is 24.0 Å². The zero-order chi connectivity index (χ0) is 19.3. The summed E-state index contributed by atoms with van der Waals surface area (Å²) in [7, 11) is 0. The Bertz CT molecular complexity index is 939. The van der Waals surface area contributed by atoms with Gasteiger partial charge in [0.25, 0.3) is 0 Å². The van der Waals surface area contributed by atoms with Gasteiger partial charge in [0.1, 0.15) is 11.9 Å². The van der Waals surface area contributed by atoms with Gasteiger partial charge in [-0.05, 0) is 68.1 Å². The highest BCUT2D eigenvalue weighted by molar-refractivity contribution is 5.44. The highest BCUT2D eigenvalue weighted by Gasteiger charge is 2.35. The molecule has 2 atom stereocenters. The van der Waals surface area contributed by atoms with E-state index in [1.807, 2.05) is 13.0 Å². The summed E-state index contributed by atoms with van der Waals surface area (Å²) in [5, 5.41) is 2.09. The Morgan fingerprint density at radius 1 is 1.04 bits per heavy atom. The van der Waals surface area contributed by atoms with Crippen molar-refractivity contribution < 1.29 is 4.74 Å². The molecule has 146 valence electrons. The normalized spacial score (nSPS) is 23.7. The third-order valence-corrected chi connectivity index (χ3v) is 6.15. The molecule has 2 aliphatic rings. The zero-order valence-corrected chi connectivity index (χ0v) is 16.9. The number of ether oxygens (including phenoxy) is 1. The average molecular weight is 374 g/mol. The first kappa shape index (κ1) is 19.0. The fourth-order valence-electron chi connectivity index (χ4n) is 4.68. The lowest BCUT2D eigenvalue weighted by molar-refractivity contribution is 0.0408. The molecule has 2 aromatic carbocycles. The molecular weight excluding hydrogens is 342 g/mol. The van der Waals surface area contributed by atoms with Gasteiger partial charge in [-0.3, -0.25) is 4.90 Å². The van der Waals surface area contributed by atoms with E-state index in [-0.39, 0.29) is 6.10 Å². The highest BCUT2D eigenvalue weighted by atomic mass is 16.5. The van der Waals surface area contributed by atoms with Crippen LogP contribution in [0.5, 0.6) is 5.75 Å². The average Bonchev–Trinajstić information content (AvgIpc) is 2.74. The van der Waals surface area contributed by atoms with Crippen LogP contribution in [0.4, 0.5) is 0 Å². The number of aryl methyl sites for hydroxylation is 1. The molecule has 1 aliphatic heterocycles. The number of hydrogen-bond donors (Lipinski definition) is 0. The first-order valence-corrected chi connectivity index (χ1v) is 10.7. The molecule has 28 heavy (non-hydrogen) atoms. The monoisotopic (exact) mass is 373 g/mol. The molecule has 2 nitrogen and oxygen atoms in total. The second kappa shape index (κ2) is 8.79. The maximum atomic E-state index is 6.81. The molecule has 1 heterocycles. The molecule has 2 heteroatoms. The van der Waals surface area contributed by atoms with Gasteiger partial charge in [-0.15, -0.1) is 0 Å². The second-order valence-corrected chi connectivity index (χ2v) is 7.96. The molecule has 0 radical (unpaired) electrons. The molecule has 0 saturated carbocycles. The summed E-state index contributed by atoms with van der Waals surface area (Å²) in [6.45, 7) is 8.65. The molecule has 0 spiro atoms. The molecule has 2 aromatic rings. The summed E-state index contributed by atoms with van der Waals surface area (Å²) in [4.78, 5) is 2.67. The molecule has 0 aromatic heterocycles. The van der Waals surface area contributed by atoms with Gasteiger partial charge in [0.15, 0.2) is 0 Å². The highest BCUT2D eigenvalue weighted by Crippen LogP contribution is 2.36. The number of nitrogens with zero attached hydrogens (tertiary/aromatic N) is 1. The topological polar surface area (TPSA) is 12.5 Å². The number of rotatable bonds is 4. The summed E-state index contributed by atoms with van der Waals surface area (Å²) >= 11 is 0. The zero-order valence-electron chi connectivity index (χ0n) is 16.9. The summed E-state index contributed by atoms with van der Waals surface area (Å²) in [5.41, 5.74) is 2.79. The van der Waals surface area contributed by atoms with E-state index < -0.39 is 0 Å². The molecule has 1 saturated heterocycles. The van der Waals surface area contributed by atoms with Crippen molar-refractivity contribution in [3.63, 3.8) is 0 Å². The van der Waals surface area contributed by atoms with Gasteiger partial charge in [-0.25, -0.2) is 0 Å². The Kier molecular flexibility index (Phi) is 5.97. The van der Waals surface area contributed by atoms with E-state index in [0.29, 0.717) is 6.04 Å². The third kappa shape index (κ3) is 3.93. The molecule has 1 fully saturated rings. The van der Waals surface area contributed by atoms with E-state index in [1.165, 1.54) is 49.9 Å². The van der Waals surface area contributed by atoms with Crippen molar-refractivity contribution in [2.45, 2.75) is 51.2 Å². The van der Waals surface area contributed by atoms with E-state index in [0.717, 1.165) is 22.6 Å². The van der Waals surface area contributed by atoms with Gasteiger partial charge in [-0.2, -0.15) is 0 Å². The maximum Gasteiger partial charge on any atom is 0.139 e. The van der Waals surface area contributed by atoms with Crippen LogP contribution >= 0.6 is 0 Å². The number of likely N-dealkylation sites (tertiary alicyclic amines) is 1. The maximum absolute atomic E-state index is 6.81. The summed E-state index contributed by atoms with van der Waals surface area (Å²) in [6, 6.07) is 15.5. The quantitative estimate of drug-likeness (QED) is 0.789. The van der Waals surface area contributed by atoms with E-state index in [9.17, 15) is 0 Å². The third-order valence-electron chi connectivity index (χ3n) is 6.15. The summed E-state index contributed by atoms with van der Waals surface area (Å²) in [5.74, 6) is 0.939. The Morgan fingerprint density at radius 2 is 1.86 bits per heavy atom. The van der Waals surface area contributed by atoms with Crippen molar-refractivity contribution in [1.82, 2.24) is 4.90 Å². The van der Waals surface area contributed by atoms with E-state index in [1.54, 1.807) is 0 Å². The number of allylic oxidation sites excluding steroid dienone is 2. The minimum Gasteiger partial charge on any atom is -0.483 e. The minimum absolute atomic E-state index is 0.0719. The van der Waals surface area contributed by atoms with Crippen molar-refractivity contribution >= 4 is 12.7 Å². The summed E-state index contributed by atoms with van der Waals surface area (Å²) in [6.07, 6.45) is 12.6. The lowest BCUT2D eigenvalue weighted by atomic mass is 9.84. The van der Waals surface area contributed by atoms with Crippen LogP contribution < -0.4 is 15.2 Å². The molecule has 1 aliphatic carbocycles. The first-order chi connectivity index (χ1) is 13.8. The molecule has 1 unspecified atom stereocenters. The van der Waals surface area contributed by atoms with Crippen molar-refractivity contribution in [2.75, 3.05) is 13.1 Å². The molecule has 0 N–H and O–H groups in total. The van der Waals surface area contributed by atoms with Crippen molar-refractivity contribution in [2.24, 2.45) is 0 Å². The number of hydrogen-bond acceptors (Lipinski definition) is 2. The molecular formula is C26H31NO. The van der Waals surface area contributed by atoms with Gasteiger partial charge in [0, 0.05) is 5.22 Å². The van der Waals surface area contributed by atoms with Gasteiger partial charge >= 0.3 is 0 Å². The van der Waals surface area contributed by atoms with Crippen molar-refractivity contribution in [3.8, 4) is 5.75 Å². The smallest absolute Gasteiger partial charge is 0.139 e. The minimum atomic E-state index is 0.0719. The van der Waals surface area contributed by atoms with E-state index in [4.69, 9.17) is 4.74 Å². The predicted molar refractivity (Wildman–Crippen MR) is 118 cm³/mol. The van der Waals surface area contributed by atoms with Crippen molar-refractivity contribution in [1.29, 1.82) is 0 Å². The molecule has 4 rings (SSSR count). The van der Waals surface area contributed by atoms with Crippen LogP contribution in [0.1, 0.15) is 49.8 Å². The standard InChI is InChI=1S/C26H31NO/c1-3-4-13-22-20(2)11-10-15-25(22)28-26-23-14-7-6-12-21(23)16-17-24(26)27-18-8-5-9-19-27/h3-4,6-7,10-15,24,26H,2,5,8-9,16-19H2,1H3/b4-3-,22-13+/t24?,26-/m0/s1. The second-order valence-electron chi connectivity index (χ2n) is 7.96. The lowest BCUT2D eigenvalue weighted by Crippen LogP contribution is -2.47. The fourth-order valence-corrected chi connectivity index (χ4v) is 4.68. The lowest BCUT2D eigenvalue weighted by Gasteiger charge is -2.42. The SMILES string of the molecule is C=c1cccc(O[C@H]2c3ccccc3CCC2N2CCCCC2)/c1=C/C=C\C.